The fraction of sp³-hybridized carbons (Fsp3) is 0.478. The van der Waals surface area contributed by atoms with Gasteiger partial charge in [-0.05, 0) is 42.0 Å². The van der Waals surface area contributed by atoms with Crippen LogP contribution in [0.5, 0.6) is 0 Å². The molecule has 1 aliphatic heterocycles. The molecule has 0 bridgehead atoms. The Morgan fingerprint density at radius 2 is 1.85 bits per heavy atom. The Labute approximate surface area is 163 Å². The molecule has 27 heavy (non-hydrogen) atoms. The Balaban J connectivity index is 1.68. The van der Waals surface area contributed by atoms with Crippen molar-refractivity contribution in [2.24, 2.45) is 0 Å². The highest BCUT2D eigenvalue weighted by Crippen LogP contribution is 2.27. The van der Waals surface area contributed by atoms with E-state index in [0.29, 0.717) is 6.79 Å². The van der Waals surface area contributed by atoms with E-state index in [2.05, 4.69) is 59.6 Å². The number of piperazine rings is 1. The number of hydrogen-bond acceptors (Lipinski definition) is 4. The van der Waals surface area contributed by atoms with E-state index in [-0.39, 0.29) is 6.10 Å². The first-order chi connectivity index (χ1) is 13.3. The summed E-state index contributed by atoms with van der Waals surface area (Å²) in [6, 6.07) is 17.4. The lowest BCUT2D eigenvalue weighted by Crippen LogP contribution is -2.43. The normalized spacial score (nSPS) is 15.7. The van der Waals surface area contributed by atoms with Crippen LogP contribution in [-0.2, 0) is 22.3 Å². The van der Waals surface area contributed by atoms with E-state index in [1.54, 1.807) is 7.11 Å². The first kappa shape index (κ1) is 19.9. The molecule has 0 amide bonds. The number of hydrogen-bond donors (Lipinski definition) is 1. The molecule has 2 aromatic carbocycles. The second kappa shape index (κ2) is 10.5. The lowest BCUT2D eigenvalue weighted by Gasteiger charge is -2.31. The van der Waals surface area contributed by atoms with Crippen LogP contribution in [0, 0.1) is 0 Å². The number of benzene rings is 2. The van der Waals surface area contributed by atoms with Crippen LogP contribution in [0.15, 0.2) is 48.5 Å². The van der Waals surface area contributed by atoms with Gasteiger partial charge in [0.1, 0.15) is 6.79 Å². The van der Waals surface area contributed by atoms with Crippen LogP contribution in [0.3, 0.4) is 0 Å². The zero-order chi connectivity index (χ0) is 18.9. The van der Waals surface area contributed by atoms with E-state index in [1.807, 2.05) is 6.07 Å². The van der Waals surface area contributed by atoms with Crippen LogP contribution < -0.4 is 10.2 Å². The van der Waals surface area contributed by atoms with Gasteiger partial charge in [-0.2, -0.15) is 0 Å². The van der Waals surface area contributed by atoms with Crippen LogP contribution in [0.4, 0.5) is 5.69 Å². The molecule has 3 rings (SSSR count). The van der Waals surface area contributed by atoms with Crippen molar-refractivity contribution >= 4 is 5.69 Å². The zero-order valence-corrected chi connectivity index (χ0v) is 16.6. The average Bonchev–Trinajstić information content (AvgIpc) is 2.75. The molecule has 1 heterocycles. The minimum absolute atomic E-state index is 0.0593. The SMILES string of the molecule is CCc1cc(CCC(OCOC)c2ccccc2)ccc1N1CCNCC1. The maximum Gasteiger partial charge on any atom is 0.147 e. The smallest absolute Gasteiger partial charge is 0.147 e. The molecule has 0 aliphatic carbocycles. The summed E-state index contributed by atoms with van der Waals surface area (Å²) >= 11 is 0. The molecule has 1 aliphatic rings. The maximum atomic E-state index is 5.94. The number of aryl methyl sites for hydroxylation is 2. The third kappa shape index (κ3) is 5.55. The summed E-state index contributed by atoms with van der Waals surface area (Å²) in [5.41, 5.74) is 5.44. The highest BCUT2D eigenvalue weighted by molar-refractivity contribution is 5.55. The van der Waals surface area contributed by atoms with Gasteiger partial charge in [0.15, 0.2) is 0 Å². The summed E-state index contributed by atoms with van der Waals surface area (Å²) in [6.45, 7) is 6.89. The third-order valence-electron chi connectivity index (χ3n) is 5.24. The van der Waals surface area contributed by atoms with Crippen LogP contribution in [0.2, 0.25) is 0 Å². The van der Waals surface area contributed by atoms with Crippen molar-refractivity contribution in [1.82, 2.24) is 5.32 Å². The predicted octanol–water partition coefficient (Wildman–Crippen LogP) is 3.95. The molecule has 0 spiro atoms. The Kier molecular flexibility index (Phi) is 7.69. The van der Waals surface area contributed by atoms with E-state index in [1.165, 1.54) is 22.4 Å². The molecule has 1 fully saturated rings. The van der Waals surface area contributed by atoms with Crippen molar-refractivity contribution in [3.63, 3.8) is 0 Å². The molecule has 4 nitrogen and oxygen atoms in total. The van der Waals surface area contributed by atoms with Crippen molar-refractivity contribution in [1.29, 1.82) is 0 Å². The molecule has 1 unspecified atom stereocenters. The standard InChI is InChI=1S/C23H32N2O2/c1-3-20-17-19(9-11-22(20)25-15-13-24-14-16-25)10-12-23(27-18-26-2)21-7-5-4-6-8-21/h4-9,11,17,23-24H,3,10,12-16,18H2,1-2H3. The molecule has 1 atom stereocenters. The summed E-state index contributed by atoms with van der Waals surface area (Å²) < 4.78 is 11.1. The topological polar surface area (TPSA) is 33.7 Å². The van der Waals surface area contributed by atoms with Gasteiger partial charge in [0, 0.05) is 39.0 Å². The molecule has 0 aromatic heterocycles. The molecule has 1 N–H and O–H groups in total. The third-order valence-corrected chi connectivity index (χ3v) is 5.24. The van der Waals surface area contributed by atoms with Gasteiger partial charge in [-0.1, -0.05) is 49.4 Å². The van der Waals surface area contributed by atoms with E-state index >= 15 is 0 Å². The molecule has 1 saturated heterocycles. The van der Waals surface area contributed by atoms with Crippen molar-refractivity contribution in [2.45, 2.75) is 32.3 Å². The number of anilines is 1. The number of nitrogens with zero attached hydrogens (tertiary/aromatic N) is 1. The monoisotopic (exact) mass is 368 g/mol. The van der Waals surface area contributed by atoms with Crippen molar-refractivity contribution in [3.05, 3.63) is 65.2 Å². The van der Waals surface area contributed by atoms with Gasteiger partial charge in [0.25, 0.3) is 0 Å². The van der Waals surface area contributed by atoms with E-state index in [9.17, 15) is 0 Å². The van der Waals surface area contributed by atoms with Crippen molar-refractivity contribution < 1.29 is 9.47 Å². The van der Waals surface area contributed by atoms with Gasteiger partial charge in [0.2, 0.25) is 0 Å². The lowest BCUT2D eigenvalue weighted by atomic mass is 9.98. The Hall–Kier alpha value is -1.88. The van der Waals surface area contributed by atoms with E-state index < -0.39 is 0 Å². The van der Waals surface area contributed by atoms with Crippen LogP contribution in [0.1, 0.15) is 36.1 Å². The largest absolute Gasteiger partial charge is 0.369 e. The fourth-order valence-corrected chi connectivity index (χ4v) is 3.75. The van der Waals surface area contributed by atoms with Crippen LogP contribution >= 0.6 is 0 Å². The summed E-state index contributed by atoms with van der Waals surface area (Å²) in [4.78, 5) is 2.51. The van der Waals surface area contributed by atoms with Crippen molar-refractivity contribution in [3.8, 4) is 0 Å². The number of nitrogens with one attached hydrogen (secondary N) is 1. The van der Waals surface area contributed by atoms with Gasteiger partial charge in [-0.25, -0.2) is 0 Å². The number of rotatable bonds is 9. The van der Waals surface area contributed by atoms with Crippen LogP contribution in [-0.4, -0.2) is 40.1 Å². The molecule has 0 radical (unpaired) electrons. The lowest BCUT2D eigenvalue weighted by molar-refractivity contribution is -0.0757. The molecule has 0 saturated carbocycles. The minimum Gasteiger partial charge on any atom is -0.369 e. The highest BCUT2D eigenvalue weighted by atomic mass is 16.7. The Morgan fingerprint density at radius 3 is 2.56 bits per heavy atom. The van der Waals surface area contributed by atoms with Gasteiger partial charge >= 0.3 is 0 Å². The van der Waals surface area contributed by atoms with Gasteiger partial charge in [-0.3, -0.25) is 0 Å². The molecule has 2 aromatic rings. The first-order valence-electron chi connectivity index (χ1n) is 10.0. The quantitative estimate of drug-likeness (QED) is 0.680. The second-order valence-corrected chi connectivity index (χ2v) is 7.06. The minimum atomic E-state index is 0.0593. The van der Waals surface area contributed by atoms with Gasteiger partial charge in [0.05, 0.1) is 6.10 Å². The fourth-order valence-electron chi connectivity index (χ4n) is 3.75. The van der Waals surface area contributed by atoms with Gasteiger partial charge < -0.3 is 19.7 Å². The molecule has 146 valence electrons. The first-order valence-corrected chi connectivity index (χ1v) is 10.0. The Morgan fingerprint density at radius 1 is 1.07 bits per heavy atom. The maximum absolute atomic E-state index is 5.94. The Bertz CT molecular complexity index is 684. The summed E-state index contributed by atoms with van der Waals surface area (Å²) in [7, 11) is 1.67. The molecular weight excluding hydrogens is 336 g/mol. The second-order valence-electron chi connectivity index (χ2n) is 7.06. The zero-order valence-electron chi connectivity index (χ0n) is 16.6. The van der Waals surface area contributed by atoms with E-state index in [0.717, 1.165) is 45.4 Å². The molecular formula is C23H32N2O2. The summed E-state index contributed by atoms with van der Waals surface area (Å²) in [5.74, 6) is 0. The summed E-state index contributed by atoms with van der Waals surface area (Å²) in [5, 5.41) is 3.43. The van der Waals surface area contributed by atoms with Gasteiger partial charge in [-0.15, -0.1) is 0 Å². The van der Waals surface area contributed by atoms with Crippen molar-refractivity contribution in [2.75, 3.05) is 45.0 Å². The highest BCUT2D eigenvalue weighted by Gasteiger charge is 2.15. The number of methoxy groups -OCH3 is 1. The summed E-state index contributed by atoms with van der Waals surface area (Å²) in [6.07, 6.45) is 3.07. The average molecular weight is 369 g/mol. The van der Waals surface area contributed by atoms with Crippen LogP contribution in [0.25, 0.3) is 0 Å². The molecule has 4 heteroatoms. The van der Waals surface area contributed by atoms with E-state index in [4.69, 9.17) is 9.47 Å². The predicted molar refractivity (Wildman–Crippen MR) is 111 cm³/mol. The number of ether oxygens (including phenoxy) is 2.